The highest BCUT2D eigenvalue weighted by Crippen LogP contribution is 2.42. The summed E-state index contributed by atoms with van der Waals surface area (Å²) in [7, 11) is 0. The first kappa shape index (κ1) is 23.0. The topological polar surface area (TPSA) is 81.6 Å². The molecule has 8 heteroatoms. The van der Waals surface area contributed by atoms with Crippen molar-refractivity contribution in [2.24, 2.45) is 0 Å². The lowest BCUT2D eigenvalue weighted by Crippen LogP contribution is -2.51. The zero-order valence-electron chi connectivity index (χ0n) is 19.0. The van der Waals surface area contributed by atoms with E-state index in [2.05, 4.69) is 41.0 Å². The van der Waals surface area contributed by atoms with Crippen molar-refractivity contribution in [3.05, 3.63) is 52.4 Å². The molecule has 3 atom stereocenters. The normalized spacial score (nSPS) is 21.7. The van der Waals surface area contributed by atoms with Crippen LogP contribution in [0, 0.1) is 0 Å². The van der Waals surface area contributed by atoms with Crippen molar-refractivity contribution in [1.82, 2.24) is 20.2 Å². The standard InChI is InChI=1S/C24H32ClN5O2/c1-15(2)26-13-19(17-4-6-18(25)7-5-17)24(32)30-10-8-29(9-11-30)23-21-16(3)12-20(31)22(21)27-14-28-23/h4-7,14-16,19-20,26,31H,8-13H2,1-3H3/t16-,19+,20?/m1/s1. The van der Waals surface area contributed by atoms with E-state index in [1.165, 1.54) is 0 Å². The molecule has 1 aromatic carbocycles. The molecular weight excluding hydrogens is 426 g/mol. The number of carbonyl (C=O) groups is 1. The number of anilines is 1. The molecule has 2 heterocycles. The summed E-state index contributed by atoms with van der Waals surface area (Å²) in [4.78, 5) is 26.5. The lowest BCUT2D eigenvalue weighted by molar-refractivity contribution is -0.133. The number of aliphatic hydroxyl groups is 1. The van der Waals surface area contributed by atoms with Gasteiger partial charge >= 0.3 is 0 Å². The average molecular weight is 458 g/mol. The van der Waals surface area contributed by atoms with E-state index >= 15 is 0 Å². The minimum atomic E-state index is -0.516. The van der Waals surface area contributed by atoms with Gasteiger partial charge < -0.3 is 20.2 Å². The number of hydrogen-bond acceptors (Lipinski definition) is 6. The molecule has 0 bridgehead atoms. The third-order valence-corrected chi connectivity index (χ3v) is 6.72. The Bertz CT molecular complexity index is 944. The van der Waals surface area contributed by atoms with Gasteiger partial charge in [-0.1, -0.05) is 44.5 Å². The zero-order chi connectivity index (χ0) is 22.8. The van der Waals surface area contributed by atoms with E-state index in [9.17, 15) is 9.90 Å². The van der Waals surface area contributed by atoms with Gasteiger partial charge in [0.1, 0.15) is 12.1 Å². The molecule has 4 rings (SSSR count). The molecular formula is C24H32ClN5O2. The van der Waals surface area contributed by atoms with E-state index in [4.69, 9.17) is 11.6 Å². The van der Waals surface area contributed by atoms with Gasteiger partial charge in [-0.3, -0.25) is 4.79 Å². The van der Waals surface area contributed by atoms with Crippen LogP contribution in [0.3, 0.4) is 0 Å². The summed E-state index contributed by atoms with van der Waals surface area (Å²) in [5, 5.41) is 14.4. The smallest absolute Gasteiger partial charge is 0.231 e. The third-order valence-electron chi connectivity index (χ3n) is 6.47. The Kier molecular flexibility index (Phi) is 6.98. The van der Waals surface area contributed by atoms with Crippen LogP contribution >= 0.6 is 11.6 Å². The van der Waals surface area contributed by atoms with Crippen LogP contribution in [-0.2, 0) is 4.79 Å². The highest BCUT2D eigenvalue weighted by molar-refractivity contribution is 6.30. The Hall–Kier alpha value is -2.22. The summed E-state index contributed by atoms with van der Waals surface area (Å²) in [5.74, 6) is 1.02. The van der Waals surface area contributed by atoms with Crippen molar-refractivity contribution >= 4 is 23.3 Å². The van der Waals surface area contributed by atoms with E-state index in [1.807, 2.05) is 29.2 Å². The number of carbonyl (C=O) groups excluding carboxylic acids is 1. The fourth-order valence-corrected chi connectivity index (χ4v) is 4.84. The molecule has 1 amide bonds. The van der Waals surface area contributed by atoms with Crippen LogP contribution in [0.4, 0.5) is 5.82 Å². The van der Waals surface area contributed by atoms with E-state index < -0.39 is 6.10 Å². The number of amides is 1. The molecule has 2 N–H and O–H groups in total. The average Bonchev–Trinajstić information content (AvgIpc) is 3.08. The first-order valence-corrected chi connectivity index (χ1v) is 11.8. The highest BCUT2D eigenvalue weighted by Gasteiger charge is 2.35. The Morgan fingerprint density at radius 1 is 1.19 bits per heavy atom. The van der Waals surface area contributed by atoms with Crippen LogP contribution in [0.25, 0.3) is 0 Å². The maximum absolute atomic E-state index is 13.5. The quantitative estimate of drug-likeness (QED) is 0.693. The third kappa shape index (κ3) is 4.75. The molecule has 0 saturated carbocycles. The second-order valence-electron chi connectivity index (χ2n) is 9.13. The maximum Gasteiger partial charge on any atom is 0.231 e. The molecule has 0 radical (unpaired) electrons. The second kappa shape index (κ2) is 9.73. The number of benzene rings is 1. The van der Waals surface area contributed by atoms with Crippen LogP contribution in [-0.4, -0.2) is 64.6 Å². The molecule has 32 heavy (non-hydrogen) atoms. The number of rotatable bonds is 6. The van der Waals surface area contributed by atoms with Gasteiger partial charge in [0.05, 0.1) is 17.7 Å². The van der Waals surface area contributed by atoms with Gasteiger partial charge in [0.25, 0.3) is 0 Å². The molecule has 7 nitrogen and oxygen atoms in total. The summed E-state index contributed by atoms with van der Waals surface area (Å²) in [6, 6.07) is 7.87. The Labute approximate surface area is 194 Å². The molecule has 1 fully saturated rings. The molecule has 2 aromatic rings. The molecule has 172 valence electrons. The van der Waals surface area contributed by atoms with Gasteiger partial charge in [-0.15, -0.1) is 0 Å². The van der Waals surface area contributed by atoms with Gasteiger partial charge in [-0.2, -0.15) is 0 Å². The minimum absolute atomic E-state index is 0.136. The van der Waals surface area contributed by atoms with Gasteiger partial charge in [0.2, 0.25) is 5.91 Å². The largest absolute Gasteiger partial charge is 0.387 e. The fourth-order valence-electron chi connectivity index (χ4n) is 4.71. The Morgan fingerprint density at radius 2 is 1.88 bits per heavy atom. The van der Waals surface area contributed by atoms with Crippen molar-refractivity contribution in [2.45, 2.75) is 51.2 Å². The summed E-state index contributed by atoms with van der Waals surface area (Å²) in [6.07, 6.45) is 1.71. The monoisotopic (exact) mass is 457 g/mol. The first-order valence-electron chi connectivity index (χ1n) is 11.4. The SMILES string of the molecule is CC(C)NC[C@H](C(=O)N1CCN(c2ncnc3c2[C@H](C)CC3O)CC1)c1ccc(Cl)cc1. The van der Waals surface area contributed by atoms with E-state index in [-0.39, 0.29) is 17.7 Å². The minimum Gasteiger partial charge on any atom is -0.387 e. The van der Waals surface area contributed by atoms with E-state index in [0.29, 0.717) is 50.2 Å². The Morgan fingerprint density at radius 3 is 2.53 bits per heavy atom. The first-order chi connectivity index (χ1) is 15.3. The predicted octanol–water partition coefficient (Wildman–Crippen LogP) is 3.10. The van der Waals surface area contributed by atoms with Crippen LogP contribution in [0.1, 0.15) is 62.0 Å². The molecule has 1 aliphatic carbocycles. The number of piperazine rings is 1. The van der Waals surface area contributed by atoms with Crippen molar-refractivity contribution < 1.29 is 9.90 Å². The maximum atomic E-state index is 13.5. The number of nitrogens with one attached hydrogen (secondary N) is 1. The van der Waals surface area contributed by atoms with E-state index in [1.54, 1.807) is 6.33 Å². The Balaban J connectivity index is 1.47. The number of hydrogen-bond donors (Lipinski definition) is 2. The molecule has 1 unspecified atom stereocenters. The lowest BCUT2D eigenvalue weighted by Gasteiger charge is -2.38. The number of aromatic nitrogens is 2. The molecule has 1 aliphatic heterocycles. The number of aliphatic hydroxyl groups excluding tert-OH is 1. The number of fused-ring (bicyclic) bond motifs is 1. The van der Waals surface area contributed by atoms with Crippen molar-refractivity contribution in [1.29, 1.82) is 0 Å². The van der Waals surface area contributed by atoms with E-state index in [0.717, 1.165) is 22.6 Å². The summed E-state index contributed by atoms with van der Waals surface area (Å²) in [5.41, 5.74) is 2.79. The second-order valence-corrected chi connectivity index (χ2v) is 9.56. The zero-order valence-corrected chi connectivity index (χ0v) is 19.7. The van der Waals surface area contributed by atoms with Crippen molar-refractivity contribution in [2.75, 3.05) is 37.6 Å². The molecule has 0 spiro atoms. The molecule has 2 aliphatic rings. The number of nitrogens with zero attached hydrogens (tertiary/aromatic N) is 4. The predicted molar refractivity (Wildman–Crippen MR) is 126 cm³/mol. The molecule has 1 aromatic heterocycles. The van der Waals surface area contributed by atoms with Gasteiger partial charge in [0, 0.05) is 49.4 Å². The van der Waals surface area contributed by atoms with Crippen LogP contribution in [0.15, 0.2) is 30.6 Å². The summed E-state index contributed by atoms with van der Waals surface area (Å²) < 4.78 is 0. The van der Waals surface area contributed by atoms with Crippen LogP contribution in [0.5, 0.6) is 0 Å². The van der Waals surface area contributed by atoms with Gasteiger partial charge in [0.15, 0.2) is 0 Å². The lowest BCUT2D eigenvalue weighted by atomic mass is 9.96. The van der Waals surface area contributed by atoms with Crippen LogP contribution < -0.4 is 10.2 Å². The van der Waals surface area contributed by atoms with Crippen molar-refractivity contribution in [3.8, 4) is 0 Å². The van der Waals surface area contributed by atoms with Crippen LogP contribution in [0.2, 0.25) is 5.02 Å². The summed E-state index contributed by atoms with van der Waals surface area (Å²) >= 11 is 6.06. The van der Waals surface area contributed by atoms with Gasteiger partial charge in [-0.05, 0) is 30.0 Å². The molecule has 1 saturated heterocycles. The number of halogens is 1. The van der Waals surface area contributed by atoms with Crippen molar-refractivity contribution in [3.63, 3.8) is 0 Å². The fraction of sp³-hybridized carbons (Fsp3) is 0.542. The van der Waals surface area contributed by atoms with Gasteiger partial charge in [-0.25, -0.2) is 9.97 Å². The highest BCUT2D eigenvalue weighted by atomic mass is 35.5. The summed E-state index contributed by atoms with van der Waals surface area (Å²) in [6.45, 7) is 9.57.